The maximum atomic E-state index is 12.9. The van der Waals surface area contributed by atoms with Gasteiger partial charge in [-0.1, -0.05) is 0 Å². The summed E-state index contributed by atoms with van der Waals surface area (Å²) in [4.78, 5) is 49.3. The number of thioether (sulfide) groups is 2. The molecule has 12 heteroatoms. The monoisotopic (exact) mass is 460 g/mol. The number of hydrogen-bond donors (Lipinski definition) is 4. The molecule has 10 nitrogen and oxygen atoms in total. The summed E-state index contributed by atoms with van der Waals surface area (Å²) in [6.07, 6.45) is 0.307. The van der Waals surface area contributed by atoms with Gasteiger partial charge < -0.3 is 20.1 Å². The minimum Gasteiger partial charge on any atom is -0.465 e. The molecular formula is C18H28N4O6S2. The van der Waals surface area contributed by atoms with Crippen LogP contribution in [0, 0.1) is 5.92 Å². The number of hydrogen-bond acceptors (Lipinski definition) is 10. The van der Waals surface area contributed by atoms with Crippen LogP contribution in [0.15, 0.2) is 0 Å². The smallest absolute Gasteiger partial charge is 0.413 e. The maximum absolute atomic E-state index is 12.9. The Kier molecular flexibility index (Phi) is 8.26. The molecule has 3 amide bonds. The lowest BCUT2D eigenvalue weighted by atomic mass is 10.0. The third-order valence-corrected chi connectivity index (χ3v) is 8.14. The highest BCUT2D eigenvalue weighted by Crippen LogP contribution is 2.39. The van der Waals surface area contributed by atoms with Gasteiger partial charge in [-0.25, -0.2) is 4.79 Å². The highest BCUT2D eigenvalue weighted by Gasteiger charge is 2.46. The Hall–Kier alpha value is -1.50. The van der Waals surface area contributed by atoms with Gasteiger partial charge in [0.2, 0.25) is 11.8 Å². The van der Waals surface area contributed by atoms with Crippen LogP contribution in [0.2, 0.25) is 0 Å². The molecule has 30 heavy (non-hydrogen) atoms. The van der Waals surface area contributed by atoms with Crippen LogP contribution in [-0.4, -0.2) is 77.5 Å². The second kappa shape index (κ2) is 10.7. The van der Waals surface area contributed by atoms with Crippen LogP contribution in [0.3, 0.4) is 0 Å². The van der Waals surface area contributed by atoms with Crippen LogP contribution >= 0.6 is 23.5 Å². The van der Waals surface area contributed by atoms with Gasteiger partial charge in [0.15, 0.2) is 0 Å². The number of amides is 3. The molecule has 168 valence electrons. The second-order valence-electron chi connectivity index (χ2n) is 7.18. The topological polar surface area (TPSA) is 135 Å². The summed E-state index contributed by atoms with van der Waals surface area (Å²) >= 11 is 2.77. The molecule has 0 aliphatic carbocycles. The van der Waals surface area contributed by atoms with Crippen LogP contribution in [-0.2, 0) is 23.9 Å². The number of carbonyl (C=O) groups is 4. The van der Waals surface area contributed by atoms with Crippen molar-refractivity contribution in [2.45, 2.75) is 54.0 Å². The van der Waals surface area contributed by atoms with Gasteiger partial charge in [0.1, 0.15) is 10.6 Å². The van der Waals surface area contributed by atoms with Crippen molar-refractivity contribution in [2.75, 3.05) is 26.3 Å². The Bertz CT molecular complexity index is 667. The quantitative estimate of drug-likeness (QED) is 0.394. The van der Waals surface area contributed by atoms with E-state index in [4.69, 9.17) is 9.47 Å². The lowest BCUT2D eigenvalue weighted by molar-refractivity contribution is -0.142. The van der Waals surface area contributed by atoms with Crippen molar-refractivity contribution in [3.05, 3.63) is 0 Å². The van der Waals surface area contributed by atoms with E-state index in [-0.39, 0.29) is 31.6 Å². The van der Waals surface area contributed by atoms with Crippen molar-refractivity contribution in [3.8, 4) is 0 Å². The van der Waals surface area contributed by atoms with E-state index in [1.165, 1.54) is 11.8 Å². The summed E-state index contributed by atoms with van der Waals surface area (Å²) in [5.74, 6) is -2.00. The first-order valence-corrected chi connectivity index (χ1v) is 12.0. The fourth-order valence-electron chi connectivity index (χ4n) is 3.73. The van der Waals surface area contributed by atoms with Crippen LogP contribution in [0.25, 0.3) is 0 Å². The molecule has 0 aromatic rings. The van der Waals surface area contributed by atoms with E-state index >= 15 is 0 Å². The van der Waals surface area contributed by atoms with Gasteiger partial charge in [0, 0.05) is 17.8 Å². The van der Waals surface area contributed by atoms with Gasteiger partial charge >= 0.3 is 12.1 Å². The number of imide groups is 1. The summed E-state index contributed by atoms with van der Waals surface area (Å²) in [6.45, 7) is 5.45. The van der Waals surface area contributed by atoms with Crippen molar-refractivity contribution in [1.82, 2.24) is 21.3 Å². The van der Waals surface area contributed by atoms with Crippen molar-refractivity contribution >= 4 is 47.4 Å². The van der Waals surface area contributed by atoms with Crippen molar-refractivity contribution in [3.63, 3.8) is 0 Å². The SMILES string of the molecule is CCOC(=O)NC(=O)C1CC(C(=O)OCC)SC1NC(=O)C1NC2CNCCC2S1. The minimum atomic E-state index is -0.846. The van der Waals surface area contributed by atoms with Crippen LogP contribution in [0.4, 0.5) is 4.79 Å². The van der Waals surface area contributed by atoms with Gasteiger partial charge in [-0.3, -0.25) is 25.0 Å². The van der Waals surface area contributed by atoms with Crippen molar-refractivity contribution in [1.29, 1.82) is 0 Å². The average molecular weight is 461 g/mol. The molecule has 6 unspecified atom stereocenters. The standard InChI is InChI=1S/C18H28N4O6S2/c1-3-27-17(25)12-7-9(13(23)22-18(26)28-4-2)15(30-12)21-14(24)16-20-10-8-19-6-5-11(10)29-16/h9-12,15-16,19-20H,3-8H2,1-2H3,(H,21,24)(H,22,23,26). The highest BCUT2D eigenvalue weighted by atomic mass is 32.2. The largest absolute Gasteiger partial charge is 0.465 e. The lowest BCUT2D eigenvalue weighted by Gasteiger charge is -2.24. The molecule has 3 aliphatic rings. The minimum absolute atomic E-state index is 0.131. The number of ether oxygens (including phenoxy) is 2. The van der Waals surface area contributed by atoms with E-state index in [0.29, 0.717) is 5.25 Å². The van der Waals surface area contributed by atoms with E-state index in [2.05, 4.69) is 21.3 Å². The summed E-state index contributed by atoms with van der Waals surface area (Å²) in [6, 6.07) is 0.228. The third-order valence-electron chi connectivity index (χ3n) is 5.15. The average Bonchev–Trinajstić information content (AvgIpc) is 3.32. The zero-order valence-electron chi connectivity index (χ0n) is 17.0. The molecule has 0 bridgehead atoms. The number of rotatable bonds is 6. The van der Waals surface area contributed by atoms with E-state index in [9.17, 15) is 19.2 Å². The zero-order chi connectivity index (χ0) is 21.7. The summed E-state index contributed by atoms with van der Waals surface area (Å²) in [5.41, 5.74) is 0. The number of nitrogens with one attached hydrogen (secondary N) is 4. The van der Waals surface area contributed by atoms with Gasteiger partial charge in [-0.2, -0.15) is 0 Å². The molecule has 0 saturated carbocycles. The molecule has 0 aromatic carbocycles. The van der Waals surface area contributed by atoms with Crippen molar-refractivity contribution in [2.24, 2.45) is 5.92 Å². The van der Waals surface area contributed by atoms with Gasteiger partial charge in [-0.05, 0) is 33.2 Å². The van der Waals surface area contributed by atoms with E-state index in [0.717, 1.165) is 19.5 Å². The molecule has 0 spiro atoms. The first kappa shape index (κ1) is 23.2. The molecule has 3 rings (SSSR count). The van der Waals surface area contributed by atoms with Crippen LogP contribution in [0.5, 0.6) is 0 Å². The lowest BCUT2D eigenvalue weighted by Crippen LogP contribution is -2.51. The van der Waals surface area contributed by atoms with Crippen molar-refractivity contribution < 1.29 is 28.7 Å². The molecule has 6 atom stereocenters. The molecule has 4 N–H and O–H groups in total. The van der Waals surface area contributed by atoms with Crippen LogP contribution in [0.1, 0.15) is 26.7 Å². The summed E-state index contributed by atoms with van der Waals surface area (Å²) < 4.78 is 9.83. The predicted octanol–water partition coefficient (Wildman–Crippen LogP) is -0.221. The molecule has 0 radical (unpaired) electrons. The Morgan fingerprint density at radius 2 is 1.83 bits per heavy atom. The molecule has 3 heterocycles. The Morgan fingerprint density at radius 3 is 2.53 bits per heavy atom. The Balaban J connectivity index is 1.64. The normalized spacial score (nSPS) is 32.7. The predicted molar refractivity (Wildman–Crippen MR) is 113 cm³/mol. The molecule has 3 saturated heterocycles. The Morgan fingerprint density at radius 1 is 1.07 bits per heavy atom. The molecule has 0 aromatic heterocycles. The number of carbonyl (C=O) groups excluding carboxylic acids is 4. The van der Waals surface area contributed by atoms with E-state index in [1.807, 2.05) is 0 Å². The fraction of sp³-hybridized carbons (Fsp3) is 0.778. The molecule has 3 fully saturated rings. The third kappa shape index (κ3) is 5.59. The summed E-state index contributed by atoms with van der Waals surface area (Å²) in [7, 11) is 0. The highest BCUT2D eigenvalue weighted by molar-refractivity contribution is 8.02. The zero-order valence-corrected chi connectivity index (χ0v) is 18.6. The molecule has 3 aliphatic heterocycles. The number of esters is 1. The van der Waals surface area contributed by atoms with E-state index in [1.54, 1.807) is 25.6 Å². The first-order valence-electron chi connectivity index (χ1n) is 10.1. The second-order valence-corrected chi connectivity index (χ2v) is 9.88. The van der Waals surface area contributed by atoms with E-state index < -0.39 is 39.9 Å². The Labute approximate surface area is 183 Å². The number of alkyl carbamates (subject to hydrolysis) is 1. The van der Waals surface area contributed by atoms with Crippen LogP contribution < -0.4 is 21.3 Å². The van der Waals surface area contributed by atoms with Gasteiger partial charge in [0.25, 0.3) is 0 Å². The van der Waals surface area contributed by atoms with Gasteiger partial charge in [-0.15, -0.1) is 23.5 Å². The molecular weight excluding hydrogens is 432 g/mol. The maximum Gasteiger partial charge on any atom is 0.413 e. The first-order chi connectivity index (χ1) is 14.4. The fourth-order valence-corrected chi connectivity index (χ4v) is 6.61. The number of fused-ring (bicyclic) bond motifs is 1. The number of piperidine rings is 1. The van der Waals surface area contributed by atoms with Gasteiger partial charge in [0.05, 0.1) is 24.5 Å². The summed E-state index contributed by atoms with van der Waals surface area (Å²) in [5, 5.41) is 10.4.